The fourth-order valence-corrected chi connectivity index (χ4v) is 4.22. The molecule has 0 radical (unpaired) electrons. The van der Waals surface area contributed by atoms with E-state index in [1.807, 2.05) is 28.9 Å². The summed E-state index contributed by atoms with van der Waals surface area (Å²) < 4.78 is 1.83. The van der Waals surface area contributed by atoms with Crippen molar-refractivity contribution in [2.45, 2.75) is 25.3 Å². The van der Waals surface area contributed by atoms with Crippen LogP contribution in [0.15, 0.2) is 54.7 Å². The van der Waals surface area contributed by atoms with Gasteiger partial charge < -0.3 is 15.5 Å². The van der Waals surface area contributed by atoms with Gasteiger partial charge in [-0.1, -0.05) is 35.5 Å². The average molecular weight is 461 g/mol. The molecule has 0 atom stereocenters. The number of nitrogens with zero attached hydrogens (tertiary/aromatic N) is 4. The maximum atomic E-state index is 12.9. The van der Waals surface area contributed by atoms with Crippen molar-refractivity contribution in [3.8, 4) is 0 Å². The normalized spacial score (nSPS) is 15.5. The number of aromatic nitrogens is 3. The van der Waals surface area contributed by atoms with E-state index in [0.717, 1.165) is 50.3 Å². The van der Waals surface area contributed by atoms with Crippen LogP contribution in [0.1, 0.15) is 34.9 Å². The standard InChI is InChI=1S/C22H24N6O.2ClH/c29-22(19-15-28(26-25-19)17-9-12-23-13-10-17)24-18-6-2-4-8-21(18)27-14-11-16-5-1-3-7-20(16)27;;/h1-8,15,17,23H,9-14H2,(H,24,29);2*1H. The Bertz CT molecular complexity index is 1030. The monoisotopic (exact) mass is 460 g/mol. The van der Waals surface area contributed by atoms with Crippen LogP contribution >= 0.6 is 24.8 Å². The van der Waals surface area contributed by atoms with Crippen LogP contribution in [-0.4, -0.2) is 40.5 Å². The van der Waals surface area contributed by atoms with Crippen LogP contribution in [-0.2, 0) is 6.42 Å². The molecule has 9 heteroatoms. The van der Waals surface area contributed by atoms with Crippen molar-refractivity contribution in [3.63, 3.8) is 0 Å². The summed E-state index contributed by atoms with van der Waals surface area (Å²) in [5.41, 5.74) is 4.66. The number of piperidine rings is 1. The van der Waals surface area contributed by atoms with Crippen molar-refractivity contribution in [1.29, 1.82) is 0 Å². The highest BCUT2D eigenvalue weighted by molar-refractivity contribution is 6.04. The predicted octanol–water partition coefficient (Wildman–Crippen LogP) is 3.99. The van der Waals surface area contributed by atoms with Gasteiger partial charge in [0.15, 0.2) is 5.69 Å². The molecule has 0 bridgehead atoms. The Morgan fingerprint density at radius 3 is 2.52 bits per heavy atom. The van der Waals surface area contributed by atoms with Crippen LogP contribution < -0.4 is 15.5 Å². The number of hydrogen-bond donors (Lipinski definition) is 2. The van der Waals surface area contributed by atoms with E-state index >= 15 is 0 Å². The summed E-state index contributed by atoms with van der Waals surface area (Å²) in [7, 11) is 0. The van der Waals surface area contributed by atoms with Crippen LogP contribution in [0.2, 0.25) is 0 Å². The Morgan fingerprint density at radius 2 is 1.71 bits per heavy atom. The van der Waals surface area contributed by atoms with Crippen LogP contribution in [0, 0.1) is 0 Å². The molecule has 2 N–H and O–H groups in total. The highest BCUT2D eigenvalue weighted by Crippen LogP contribution is 2.38. The van der Waals surface area contributed by atoms with Gasteiger partial charge in [-0.3, -0.25) is 4.79 Å². The molecule has 2 aliphatic heterocycles. The lowest BCUT2D eigenvalue weighted by atomic mass is 10.1. The fourth-order valence-electron chi connectivity index (χ4n) is 4.22. The molecule has 0 spiro atoms. The first-order valence-corrected chi connectivity index (χ1v) is 10.2. The third kappa shape index (κ3) is 4.69. The van der Waals surface area contributed by atoms with Crippen molar-refractivity contribution >= 4 is 47.8 Å². The third-order valence-corrected chi connectivity index (χ3v) is 5.76. The molecule has 7 nitrogen and oxygen atoms in total. The van der Waals surface area contributed by atoms with Gasteiger partial charge >= 0.3 is 0 Å². The zero-order valence-electron chi connectivity index (χ0n) is 17.0. The van der Waals surface area contributed by atoms with Gasteiger partial charge in [-0.2, -0.15) is 0 Å². The largest absolute Gasteiger partial charge is 0.339 e. The number of hydrogen-bond acceptors (Lipinski definition) is 5. The van der Waals surface area contributed by atoms with Crippen molar-refractivity contribution in [1.82, 2.24) is 20.3 Å². The Morgan fingerprint density at radius 1 is 1.00 bits per heavy atom. The van der Waals surface area contributed by atoms with Crippen LogP contribution in [0.5, 0.6) is 0 Å². The maximum absolute atomic E-state index is 12.9. The van der Waals surface area contributed by atoms with Crippen LogP contribution in [0.4, 0.5) is 17.1 Å². The van der Waals surface area contributed by atoms with E-state index in [4.69, 9.17) is 0 Å². The molecule has 0 saturated carbocycles. The molecule has 3 aromatic rings. The Labute approximate surface area is 194 Å². The van der Waals surface area contributed by atoms with Gasteiger partial charge in [-0.25, -0.2) is 4.68 Å². The Balaban J connectivity index is 0.00000136. The second kappa shape index (κ2) is 10.1. The number of nitrogens with one attached hydrogen (secondary N) is 2. The molecule has 5 rings (SSSR count). The van der Waals surface area contributed by atoms with Crippen molar-refractivity contribution in [3.05, 3.63) is 66.0 Å². The number of fused-ring (bicyclic) bond motifs is 1. The van der Waals surface area contributed by atoms with E-state index in [9.17, 15) is 4.79 Å². The number of carbonyl (C=O) groups excluding carboxylic acids is 1. The first-order chi connectivity index (χ1) is 14.3. The molecular weight excluding hydrogens is 435 g/mol. The van der Waals surface area contributed by atoms with E-state index in [-0.39, 0.29) is 30.7 Å². The second-order valence-electron chi connectivity index (χ2n) is 7.57. The van der Waals surface area contributed by atoms with Gasteiger partial charge in [0.25, 0.3) is 5.91 Å². The lowest BCUT2D eigenvalue weighted by molar-refractivity contribution is 0.102. The molecule has 164 valence electrons. The zero-order valence-corrected chi connectivity index (χ0v) is 18.7. The van der Waals surface area contributed by atoms with Crippen LogP contribution in [0.3, 0.4) is 0 Å². The molecule has 3 heterocycles. The van der Waals surface area contributed by atoms with Gasteiger partial charge in [-0.05, 0) is 56.1 Å². The van der Waals surface area contributed by atoms with E-state index in [2.05, 4.69) is 50.1 Å². The molecule has 1 aromatic heterocycles. The third-order valence-electron chi connectivity index (χ3n) is 5.76. The molecule has 31 heavy (non-hydrogen) atoms. The number of benzene rings is 2. The minimum Gasteiger partial charge on any atom is -0.339 e. The SMILES string of the molecule is Cl.Cl.O=C(Nc1ccccc1N1CCc2ccccc21)c1cn(C2CCNCC2)nn1. The van der Waals surface area contributed by atoms with Gasteiger partial charge in [0.1, 0.15) is 0 Å². The summed E-state index contributed by atoms with van der Waals surface area (Å²) in [6.07, 6.45) is 4.77. The molecule has 2 aliphatic rings. The summed E-state index contributed by atoms with van der Waals surface area (Å²) >= 11 is 0. The Kier molecular flexibility index (Phi) is 7.54. The lowest BCUT2D eigenvalue weighted by Crippen LogP contribution is -2.29. The summed E-state index contributed by atoms with van der Waals surface area (Å²) in [4.78, 5) is 15.1. The maximum Gasteiger partial charge on any atom is 0.277 e. The zero-order chi connectivity index (χ0) is 19.6. The van der Waals surface area contributed by atoms with E-state index < -0.39 is 0 Å². The van der Waals surface area contributed by atoms with Gasteiger partial charge in [0.05, 0.1) is 23.6 Å². The number of rotatable bonds is 4. The number of anilines is 3. The molecule has 1 saturated heterocycles. The summed E-state index contributed by atoms with van der Waals surface area (Å²) in [6, 6.07) is 16.6. The quantitative estimate of drug-likeness (QED) is 0.615. The predicted molar refractivity (Wildman–Crippen MR) is 127 cm³/mol. The lowest BCUT2D eigenvalue weighted by Gasteiger charge is -2.23. The second-order valence-corrected chi connectivity index (χ2v) is 7.57. The number of halogens is 2. The molecule has 1 fully saturated rings. The summed E-state index contributed by atoms with van der Waals surface area (Å²) in [5, 5.41) is 14.7. The van der Waals surface area contributed by atoms with Crippen molar-refractivity contribution in [2.75, 3.05) is 29.9 Å². The van der Waals surface area contributed by atoms with Crippen molar-refractivity contribution < 1.29 is 4.79 Å². The topological polar surface area (TPSA) is 75.1 Å². The smallest absolute Gasteiger partial charge is 0.277 e. The van der Waals surface area contributed by atoms with Gasteiger partial charge in [0, 0.05) is 12.2 Å². The minimum absolute atomic E-state index is 0. The average Bonchev–Trinajstić information content (AvgIpc) is 3.43. The highest BCUT2D eigenvalue weighted by Gasteiger charge is 2.23. The minimum atomic E-state index is -0.231. The van der Waals surface area contributed by atoms with E-state index in [1.54, 1.807) is 6.20 Å². The Hall–Kier alpha value is -2.61. The first-order valence-electron chi connectivity index (χ1n) is 10.2. The molecular formula is C22H26Cl2N6O. The molecule has 0 unspecified atom stereocenters. The summed E-state index contributed by atoms with van der Waals surface area (Å²) in [6.45, 7) is 2.84. The molecule has 1 amide bonds. The van der Waals surface area contributed by atoms with E-state index in [1.165, 1.54) is 11.3 Å². The van der Waals surface area contributed by atoms with Crippen LogP contribution in [0.25, 0.3) is 0 Å². The summed E-state index contributed by atoms with van der Waals surface area (Å²) in [5.74, 6) is -0.231. The number of carbonyl (C=O) groups is 1. The first kappa shape index (κ1) is 23.1. The molecule has 0 aliphatic carbocycles. The van der Waals surface area contributed by atoms with Crippen molar-refractivity contribution in [2.24, 2.45) is 0 Å². The number of para-hydroxylation sites is 3. The fraction of sp³-hybridized carbons (Fsp3) is 0.318. The van der Waals surface area contributed by atoms with Gasteiger partial charge in [0.2, 0.25) is 0 Å². The van der Waals surface area contributed by atoms with Gasteiger partial charge in [-0.15, -0.1) is 29.9 Å². The molecule has 2 aromatic carbocycles. The number of amides is 1. The highest BCUT2D eigenvalue weighted by atomic mass is 35.5. The van der Waals surface area contributed by atoms with E-state index in [0.29, 0.717) is 11.7 Å².